The third-order valence-electron chi connectivity index (χ3n) is 5.26. The molecule has 0 bridgehead atoms. The van der Waals surface area contributed by atoms with Crippen LogP contribution >= 0.6 is 35.6 Å². The van der Waals surface area contributed by atoms with E-state index in [-0.39, 0.29) is 18.5 Å². The van der Waals surface area contributed by atoms with E-state index in [2.05, 4.69) is 5.32 Å². The summed E-state index contributed by atoms with van der Waals surface area (Å²) in [6, 6.07) is 14.7. The number of hydrogen-bond acceptors (Lipinski definition) is 5. The number of benzene rings is 2. The van der Waals surface area contributed by atoms with Crippen LogP contribution in [0.5, 0.6) is 0 Å². The van der Waals surface area contributed by atoms with Crippen molar-refractivity contribution in [3.63, 3.8) is 0 Å². The average molecular weight is 472 g/mol. The largest absolute Gasteiger partial charge is 0.367 e. The zero-order valence-corrected chi connectivity index (χ0v) is 19.2. The highest BCUT2D eigenvalue weighted by Gasteiger charge is 2.31. The number of halogens is 1. The van der Waals surface area contributed by atoms with Crippen molar-refractivity contribution in [3.05, 3.63) is 69.6 Å². The molecule has 8 heteroatoms. The Balaban J connectivity index is 1.36. The van der Waals surface area contributed by atoms with Gasteiger partial charge in [-0.2, -0.15) is 0 Å². The van der Waals surface area contributed by atoms with E-state index in [9.17, 15) is 9.59 Å². The first-order valence-corrected chi connectivity index (χ1v) is 11.8. The van der Waals surface area contributed by atoms with Crippen LogP contribution in [0.25, 0.3) is 6.08 Å². The summed E-state index contributed by atoms with van der Waals surface area (Å²) in [4.78, 5) is 29.4. The fourth-order valence-corrected chi connectivity index (χ4v) is 4.91. The summed E-state index contributed by atoms with van der Waals surface area (Å²) in [5, 5.41) is 3.87. The van der Waals surface area contributed by atoms with Gasteiger partial charge in [-0.15, -0.1) is 0 Å². The van der Waals surface area contributed by atoms with Gasteiger partial charge >= 0.3 is 0 Å². The number of amides is 2. The molecule has 4 rings (SSSR count). The number of nitrogens with one attached hydrogen (secondary N) is 1. The van der Waals surface area contributed by atoms with Crippen molar-refractivity contribution in [2.45, 2.75) is 19.3 Å². The van der Waals surface area contributed by atoms with Crippen molar-refractivity contribution in [1.29, 1.82) is 0 Å². The maximum Gasteiger partial charge on any atom is 0.267 e. The zero-order chi connectivity index (χ0) is 21.8. The monoisotopic (exact) mass is 471 g/mol. The molecule has 1 N–H and O–H groups in total. The lowest BCUT2D eigenvalue weighted by molar-refractivity contribution is -0.121. The lowest BCUT2D eigenvalue weighted by atomic mass is 10.1. The Labute approximate surface area is 196 Å². The number of thioether (sulfide) groups is 1. The number of piperidine rings is 1. The number of rotatable bonds is 5. The summed E-state index contributed by atoms with van der Waals surface area (Å²) in [5.41, 5.74) is 2.40. The van der Waals surface area contributed by atoms with Gasteiger partial charge in [0.05, 0.1) is 11.6 Å². The Kier molecular flexibility index (Phi) is 6.95. The average Bonchev–Trinajstić information content (AvgIpc) is 3.06. The fraction of sp³-hybridized carbons (Fsp3) is 0.261. The molecule has 0 aliphatic carbocycles. The molecule has 2 aliphatic rings. The maximum atomic E-state index is 12.8. The van der Waals surface area contributed by atoms with Gasteiger partial charge in [0.2, 0.25) is 0 Å². The van der Waals surface area contributed by atoms with Crippen molar-refractivity contribution in [3.8, 4) is 0 Å². The first-order valence-electron chi connectivity index (χ1n) is 10.2. The minimum atomic E-state index is -0.130. The molecule has 5 nitrogen and oxygen atoms in total. The molecule has 2 fully saturated rings. The molecule has 2 heterocycles. The Morgan fingerprint density at radius 1 is 1.06 bits per heavy atom. The molecular weight excluding hydrogens is 450 g/mol. The first-order chi connectivity index (χ1) is 15.0. The van der Waals surface area contributed by atoms with Gasteiger partial charge in [-0.25, -0.2) is 0 Å². The van der Waals surface area contributed by atoms with Crippen molar-refractivity contribution in [2.24, 2.45) is 0 Å². The van der Waals surface area contributed by atoms with Crippen LogP contribution in [-0.4, -0.2) is 45.7 Å². The molecule has 0 atom stereocenters. The van der Waals surface area contributed by atoms with Crippen LogP contribution in [-0.2, 0) is 4.79 Å². The van der Waals surface area contributed by atoms with Crippen LogP contribution in [0.1, 0.15) is 35.2 Å². The van der Waals surface area contributed by atoms with Crippen LogP contribution < -0.4 is 5.32 Å². The van der Waals surface area contributed by atoms with Crippen LogP contribution in [0.15, 0.2) is 53.4 Å². The Morgan fingerprint density at radius 2 is 1.74 bits per heavy atom. The Bertz CT molecular complexity index is 1020. The summed E-state index contributed by atoms with van der Waals surface area (Å²) in [5.74, 6) is -0.0510. The number of anilines is 1. The molecule has 2 aromatic rings. The second-order valence-electron chi connectivity index (χ2n) is 7.43. The molecule has 31 heavy (non-hydrogen) atoms. The number of carbonyl (C=O) groups excluding carboxylic acids is 2. The first kappa shape index (κ1) is 21.9. The van der Waals surface area contributed by atoms with Crippen molar-refractivity contribution in [1.82, 2.24) is 9.80 Å². The second-order valence-corrected chi connectivity index (χ2v) is 9.54. The minimum Gasteiger partial charge on any atom is -0.367 e. The lowest BCUT2D eigenvalue weighted by Crippen LogP contribution is -2.35. The van der Waals surface area contributed by atoms with Crippen LogP contribution in [0, 0.1) is 0 Å². The Hall–Kier alpha value is -2.35. The quantitative estimate of drug-likeness (QED) is 0.477. The van der Waals surface area contributed by atoms with Crippen LogP contribution in [0.3, 0.4) is 0 Å². The van der Waals surface area contributed by atoms with Gasteiger partial charge in [0.25, 0.3) is 11.8 Å². The van der Waals surface area contributed by atoms with E-state index in [1.165, 1.54) is 23.1 Å². The molecule has 0 radical (unpaired) electrons. The van der Waals surface area contributed by atoms with Crippen molar-refractivity contribution >= 4 is 63.5 Å². The molecule has 0 unspecified atom stereocenters. The third-order valence-corrected chi connectivity index (χ3v) is 6.89. The molecular formula is C23H22ClN3O2S2. The van der Waals surface area contributed by atoms with Gasteiger partial charge in [0, 0.05) is 29.4 Å². The number of likely N-dealkylation sites (tertiary alicyclic amines) is 1. The van der Waals surface area contributed by atoms with Gasteiger partial charge in [-0.3, -0.25) is 14.5 Å². The highest BCUT2D eigenvalue weighted by molar-refractivity contribution is 8.26. The molecule has 2 saturated heterocycles. The summed E-state index contributed by atoms with van der Waals surface area (Å²) in [7, 11) is 0. The van der Waals surface area contributed by atoms with Crippen molar-refractivity contribution in [2.75, 3.05) is 25.1 Å². The van der Waals surface area contributed by atoms with Crippen LogP contribution in [0.4, 0.5) is 5.69 Å². The van der Waals surface area contributed by atoms with Gasteiger partial charge < -0.3 is 10.2 Å². The zero-order valence-electron chi connectivity index (χ0n) is 16.8. The fourth-order valence-electron chi connectivity index (χ4n) is 3.53. The smallest absolute Gasteiger partial charge is 0.267 e. The highest BCUT2D eigenvalue weighted by Crippen LogP contribution is 2.32. The standard InChI is InChI=1S/C23H22ClN3O2S2/c24-18-8-4-16(5-9-18)14-20-22(29)27(23(30)31-20)15-25-19-10-6-17(7-11-19)21(28)26-12-2-1-3-13-26/h4-11,14,25H,1-3,12-13,15H2/b20-14+. The number of carbonyl (C=O) groups is 2. The van der Waals surface area contributed by atoms with E-state index in [0.717, 1.165) is 37.2 Å². The van der Waals surface area contributed by atoms with Gasteiger partial charge in [-0.05, 0) is 67.3 Å². The van der Waals surface area contributed by atoms with E-state index in [1.807, 2.05) is 47.4 Å². The van der Waals surface area contributed by atoms with E-state index < -0.39 is 0 Å². The van der Waals surface area contributed by atoms with Gasteiger partial charge in [0.15, 0.2) is 0 Å². The highest BCUT2D eigenvalue weighted by atomic mass is 35.5. The summed E-state index contributed by atoms with van der Waals surface area (Å²) < 4.78 is 0.509. The number of thiocarbonyl (C=S) groups is 1. The molecule has 0 aromatic heterocycles. The normalized spacial score (nSPS) is 18.0. The maximum absolute atomic E-state index is 12.8. The van der Waals surface area contributed by atoms with Gasteiger partial charge in [0.1, 0.15) is 4.32 Å². The second kappa shape index (κ2) is 9.85. The molecule has 0 saturated carbocycles. The molecule has 2 aromatic carbocycles. The summed E-state index contributed by atoms with van der Waals surface area (Å²) in [6.45, 7) is 1.93. The van der Waals surface area contributed by atoms with Crippen molar-refractivity contribution < 1.29 is 9.59 Å². The SMILES string of the molecule is O=C(c1ccc(NCN2C(=O)/C(=C\c3ccc(Cl)cc3)SC2=S)cc1)N1CCCCC1. The molecule has 0 spiro atoms. The third kappa shape index (κ3) is 5.29. The van der Waals surface area contributed by atoms with Crippen LogP contribution in [0.2, 0.25) is 5.02 Å². The summed E-state index contributed by atoms with van der Waals surface area (Å²) >= 11 is 12.6. The number of hydrogen-bond donors (Lipinski definition) is 1. The van der Waals surface area contributed by atoms with Gasteiger partial charge in [-0.1, -0.05) is 47.7 Å². The predicted octanol–water partition coefficient (Wildman–Crippen LogP) is 5.24. The van der Waals surface area contributed by atoms with E-state index in [0.29, 0.717) is 19.8 Å². The van der Waals surface area contributed by atoms with E-state index in [1.54, 1.807) is 12.1 Å². The molecule has 2 aliphatic heterocycles. The number of nitrogens with zero attached hydrogens (tertiary/aromatic N) is 2. The minimum absolute atomic E-state index is 0.0792. The lowest BCUT2D eigenvalue weighted by Gasteiger charge is -2.26. The van der Waals surface area contributed by atoms with E-state index in [4.69, 9.17) is 23.8 Å². The molecule has 160 valence electrons. The molecule has 2 amide bonds. The summed E-state index contributed by atoms with van der Waals surface area (Å²) in [6.07, 6.45) is 5.15. The predicted molar refractivity (Wildman–Crippen MR) is 131 cm³/mol. The van der Waals surface area contributed by atoms with E-state index >= 15 is 0 Å². The Morgan fingerprint density at radius 3 is 2.42 bits per heavy atom. The topological polar surface area (TPSA) is 52.7 Å².